The Morgan fingerprint density at radius 1 is 1.09 bits per heavy atom. The third-order valence-electron chi connectivity index (χ3n) is 5.39. The van der Waals surface area contributed by atoms with Gasteiger partial charge in [-0.3, -0.25) is 9.10 Å². The van der Waals surface area contributed by atoms with Crippen LogP contribution in [0.1, 0.15) is 18.5 Å². The Bertz CT molecular complexity index is 1260. The van der Waals surface area contributed by atoms with E-state index in [4.69, 9.17) is 21.1 Å². The molecule has 3 aromatic carbocycles. The van der Waals surface area contributed by atoms with Crippen LogP contribution in [0.4, 0.5) is 5.69 Å². The third-order valence-corrected chi connectivity index (χ3v) is 7.44. The summed E-state index contributed by atoms with van der Waals surface area (Å²) >= 11 is 5.92. The second kappa shape index (κ2) is 9.33. The first-order chi connectivity index (χ1) is 15.8. The summed E-state index contributed by atoms with van der Waals surface area (Å²) in [5.74, 6) is 0.526. The molecule has 1 heterocycles. The molecule has 4 rings (SSSR count). The highest BCUT2D eigenvalue weighted by molar-refractivity contribution is 7.92. The van der Waals surface area contributed by atoms with Gasteiger partial charge in [0.25, 0.3) is 15.9 Å². The van der Waals surface area contributed by atoms with Crippen LogP contribution in [-0.2, 0) is 14.8 Å². The molecule has 0 aromatic heterocycles. The molecule has 0 aliphatic carbocycles. The number of para-hydroxylation sites is 3. The van der Waals surface area contributed by atoms with E-state index in [9.17, 15) is 13.2 Å². The molecule has 3 aromatic rings. The van der Waals surface area contributed by atoms with Gasteiger partial charge in [0.05, 0.1) is 30.3 Å². The highest BCUT2D eigenvalue weighted by Crippen LogP contribution is 2.37. The van der Waals surface area contributed by atoms with Crippen LogP contribution in [-0.4, -0.2) is 34.1 Å². The summed E-state index contributed by atoms with van der Waals surface area (Å²) in [6, 6.07) is 19.6. The molecule has 1 N–H and O–H groups in total. The van der Waals surface area contributed by atoms with Crippen molar-refractivity contribution >= 4 is 33.2 Å². The van der Waals surface area contributed by atoms with Gasteiger partial charge in [-0.1, -0.05) is 41.9 Å². The fraction of sp³-hybridized carbons (Fsp3) is 0.208. The van der Waals surface area contributed by atoms with E-state index in [1.807, 2.05) is 31.2 Å². The average molecular weight is 487 g/mol. The van der Waals surface area contributed by atoms with E-state index in [0.29, 0.717) is 22.2 Å². The average Bonchev–Trinajstić information content (AvgIpc) is 2.83. The predicted molar refractivity (Wildman–Crippen MR) is 126 cm³/mol. The molecule has 0 bridgehead atoms. The molecule has 1 aliphatic heterocycles. The number of sulfonamides is 1. The molecular weight excluding hydrogens is 464 g/mol. The first-order valence-electron chi connectivity index (χ1n) is 10.3. The first-order valence-corrected chi connectivity index (χ1v) is 12.1. The number of hydrogen-bond acceptors (Lipinski definition) is 5. The summed E-state index contributed by atoms with van der Waals surface area (Å²) in [6.07, 6.45) is -1.04. The van der Waals surface area contributed by atoms with Gasteiger partial charge in [0.2, 0.25) is 0 Å². The minimum atomic E-state index is -3.96. The molecule has 2 atom stereocenters. The standard InChI is InChI=1S/C24H23ClN2O5S/c1-16(19-7-3-5-9-21(19)31-2)26-24(28)23-15-27(20-8-4-6-10-22(20)32-23)33(29,30)18-13-11-17(25)12-14-18/h3-14,16,23H,15H2,1-2H3,(H,26,28)/t16-,23-/m1/s1. The van der Waals surface area contributed by atoms with Crippen LogP contribution < -0.4 is 19.1 Å². The SMILES string of the molecule is COc1ccccc1[C@@H](C)NC(=O)[C@H]1CN(S(=O)(=O)c2ccc(Cl)cc2)c2ccccc2O1. The van der Waals surface area contributed by atoms with Crippen LogP contribution in [0.25, 0.3) is 0 Å². The maximum atomic E-state index is 13.4. The number of ether oxygens (including phenoxy) is 2. The number of anilines is 1. The summed E-state index contributed by atoms with van der Waals surface area (Å²) < 4.78 is 39.3. The van der Waals surface area contributed by atoms with Gasteiger partial charge in [-0.2, -0.15) is 0 Å². The second-order valence-electron chi connectivity index (χ2n) is 7.54. The number of carbonyl (C=O) groups is 1. The summed E-state index contributed by atoms with van der Waals surface area (Å²) in [4.78, 5) is 13.2. The highest BCUT2D eigenvalue weighted by atomic mass is 35.5. The molecule has 9 heteroatoms. The van der Waals surface area contributed by atoms with E-state index in [2.05, 4.69) is 5.32 Å². The van der Waals surface area contributed by atoms with Crippen molar-refractivity contribution in [3.8, 4) is 11.5 Å². The number of carbonyl (C=O) groups excluding carboxylic acids is 1. The minimum absolute atomic E-state index is 0.0742. The molecule has 1 amide bonds. The lowest BCUT2D eigenvalue weighted by molar-refractivity contribution is -0.128. The number of benzene rings is 3. The third kappa shape index (κ3) is 4.62. The van der Waals surface area contributed by atoms with Crippen molar-refractivity contribution in [1.29, 1.82) is 0 Å². The van der Waals surface area contributed by atoms with Crippen molar-refractivity contribution < 1.29 is 22.7 Å². The second-order valence-corrected chi connectivity index (χ2v) is 9.84. The van der Waals surface area contributed by atoms with Crippen molar-refractivity contribution in [2.75, 3.05) is 18.0 Å². The monoisotopic (exact) mass is 486 g/mol. The number of rotatable bonds is 6. The molecule has 0 unspecified atom stereocenters. The molecule has 33 heavy (non-hydrogen) atoms. The van der Waals surface area contributed by atoms with E-state index in [-0.39, 0.29) is 17.5 Å². The topological polar surface area (TPSA) is 84.9 Å². The van der Waals surface area contributed by atoms with Crippen LogP contribution in [0.5, 0.6) is 11.5 Å². The summed E-state index contributed by atoms with van der Waals surface area (Å²) in [5, 5.41) is 3.34. The van der Waals surface area contributed by atoms with Gasteiger partial charge in [0, 0.05) is 10.6 Å². The van der Waals surface area contributed by atoms with Crippen molar-refractivity contribution in [3.63, 3.8) is 0 Å². The predicted octanol–water partition coefficient (Wildman–Crippen LogP) is 4.18. The Hall–Kier alpha value is -3.23. The molecular formula is C24H23ClN2O5S. The number of fused-ring (bicyclic) bond motifs is 1. The molecule has 0 spiro atoms. The lowest BCUT2D eigenvalue weighted by atomic mass is 10.1. The minimum Gasteiger partial charge on any atom is -0.496 e. The lowest BCUT2D eigenvalue weighted by Gasteiger charge is -2.35. The largest absolute Gasteiger partial charge is 0.496 e. The molecule has 0 radical (unpaired) electrons. The van der Waals surface area contributed by atoms with Gasteiger partial charge in [-0.25, -0.2) is 8.42 Å². The highest BCUT2D eigenvalue weighted by Gasteiger charge is 2.37. The van der Waals surface area contributed by atoms with Gasteiger partial charge >= 0.3 is 0 Å². The van der Waals surface area contributed by atoms with E-state index >= 15 is 0 Å². The number of methoxy groups -OCH3 is 1. The van der Waals surface area contributed by atoms with Gasteiger partial charge < -0.3 is 14.8 Å². The van der Waals surface area contributed by atoms with Crippen molar-refractivity contribution in [2.24, 2.45) is 0 Å². The Morgan fingerprint density at radius 3 is 2.48 bits per heavy atom. The summed E-state index contributed by atoms with van der Waals surface area (Å²) in [5.41, 5.74) is 1.17. The van der Waals surface area contributed by atoms with Crippen molar-refractivity contribution in [1.82, 2.24) is 5.32 Å². The zero-order valence-electron chi connectivity index (χ0n) is 18.1. The van der Waals surface area contributed by atoms with Gasteiger partial charge in [-0.05, 0) is 49.4 Å². The number of hydrogen-bond donors (Lipinski definition) is 1. The van der Waals surface area contributed by atoms with Gasteiger partial charge in [0.15, 0.2) is 6.10 Å². The molecule has 1 aliphatic rings. The van der Waals surface area contributed by atoms with E-state index in [0.717, 1.165) is 5.56 Å². The van der Waals surface area contributed by atoms with Gasteiger partial charge in [-0.15, -0.1) is 0 Å². The Morgan fingerprint density at radius 2 is 1.76 bits per heavy atom. The molecule has 172 valence electrons. The summed E-state index contributed by atoms with van der Waals surface area (Å²) in [6.45, 7) is 1.65. The quantitative estimate of drug-likeness (QED) is 0.565. The fourth-order valence-electron chi connectivity index (χ4n) is 3.71. The Labute approximate surface area is 197 Å². The van der Waals surface area contributed by atoms with Crippen LogP contribution in [0.15, 0.2) is 77.7 Å². The lowest BCUT2D eigenvalue weighted by Crippen LogP contribution is -2.51. The molecule has 0 fully saturated rings. The fourth-order valence-corrected chi connectivity index (χ4v) is 5.31. The van der Waals surface area contributed by atoms with Crippen LogP contribution in [0.3, 0.4) is 0 Å². The normalized spacial score (nSPS) is 16.3. The number of nitrogens with zero attached hydrogens (tertiary/aromatic N) is 1. The van der Waals surface area contributed by atoms with Crippen LogP contribution in [0.2, 0.25) is 5.02 Å². The smallest absolute Gasteiger partial charge is 0.264 e. The van der Waals surface area contributed by atoms with E-state index in [1.54, 1.807) is 31.4 Å². The van der Waals surface area contributed by atoms with Crippen LogP contribution >= 0.6 is 11.6 Å². The van der Waals surface area contributed by atoms with Crippen molar-refractivity contribution in [2.45, 2.75) is 24.0 Å². The molecule has 0 saturated heterocycles. The van der Waals surface area contributed by atoms with Gasteiger partial charge in [0.1, 0.15) is 11.5 Å². The Kier molecular flexibility index (Phi) is 6.49. The maximum absolute atomic E-state index is 13.4. The first kappa shape index (κ1) is 22.9. The molecule has 0 saturated carbocycles. The van der Waals surface area contributed by atoms with Crippen LogP contribution in [0, 0.1) is 0 Å². The van der Waals surface area contributed by atoms with Crippen molar-refractivity contribution in [3.05, 3.63) is 83.4 Å². The molecule has 7 nitrogen and oxygen atoms in total. The van der Waals surface area contributed by atoms with E-state index < -0.39 is 22.0 Å². The zero-order chi connectivity index (χ0) is 23.6. The Balaban J connectivity index is 1.62. The number of amides is 1. The number of nitrogens with one attached hydrogen (secondary N) is 1. The summed E-state index contributed by atoms with van der Waals surface area (Å²) in [7, 11) is -2.39. The number of halogens is 1. The zero-order valence-corrected chi connectivity index (χ0v) is 19.6. The maximum Gasteiger partial charge on any atom is 0.264 e. The van der Waals surface area contributed by atoms with E-state index in [1.165, 1.54) is 28.6 Å².